The van der Waals surface area contributed by atoms with Crippen molar-refractivity contribution in [2.75, 3.05) is 0 Å². The van der Waals surface area contributed by atoms with Crippen molar-refractivity contribution in [3.8, 4) is 0 Å². The minimum atomic E-state index is 0.231. The summed E-state index contributed by atoms with van der Waals surface area (Å²) in [6.07, 6.45) is 15.5. The third-order valence-electron chi connectivity index (χ3n) is 5.67. The Morgan fingerprint density at radius 2 is 2.05 bits per heavy atom. The quantitative estimate of drug-likeness (QED) is 0.430. The second-order valence-corrected chi connectivity index (χ2v) is 7.59. The Balaban J connectivity index is 2.32. The molecule has 0 aromatic heterocycles. The predicted molar refractivity (Wildman–Crippen MR) is 89.6 cm³/mol. The maximum absolute atomic E-state index is 4.09. The molecule has 0 spiro atoms. The average molecular weight is 270 g/mol. The SMILES string of the molecule is C=CC1(C)CCC2CC1C(C)=CC2(C)/C=C/C=C(C)C. The third kappa shape index (κ3) is 2.71. The molecule has 0 N–H and O–H groups in total. The third-order valence-corrected chi connectivity index (χ3v) is 5.67. The molecule has 2 aliphatic rings. The van der Waals surface area contributed by atoms with Gasteiger partial charge in [-0.3, -0.25) is 0 Å². The van der Waals surface area contributed by atoms with Crippen LogP contribution >= 0.6 is 0 Å². The van der Waals surface area contributed by atoms with E-state index in [1.165, 1.54) is 24.8 Å². The standard InChI is InChI=1S/C20H30/c1-7-19(5)12-10-17-13-18(19)16(4)14-20(17,6)11-8-9-15(2)3/h7-9,11,14,17-18H,1,10,12-13H2,2-6H3/b11-8+. The molecule has 2 bridgehead atoms. The molecule has 0 aliphatic heterocycles. The van der Waals surface area contributed by atoms with Gasteiger partial charge in [-0.2, -0.15) is 0 Å². The van der Waals surface area contributed by atoms with Crippen LogP contribution in [-0.2, 0) is 0 Å². The molecule has 4 unspecified atom stereocenters. The van der Waals surface area contributed by atoms with Crippen molar-refractivity contribution in [3.05, 3.63) is 48.1 Å². The summed E-state index contributed by atoms with van der Waals surface area (Å²) in [5, 5.41) is 0. The van der Waals surface area contributed by atoms with Crippen LogP contribution in [0.15, 0.2) is 48.1 Å². The Hall–Kier alpha value is -1.04. The van der Waals surface area contributed by atoms with Crippen molar-refractivity contribution >= 4 is 0 Å². The van der Waals surface area contributed by atoms with Gasteiger partial charge in [-0.15, -0.1) is 6.58 Å². The number of rotatable bonds is 3. The molecule has 4 atom stereocenters. The van der Waals surface area contributed by atoms with Crippen molar-refractivity contribution in [3.63, 3.8) is 0 Å². The van der Waals surface area contributed by atoms with Crippen LogP contribution in [0, 0.1) is 22.7 Å². The van der Waals surface area contributed by atoms with Crippen LogP contribution in [0.2, 0.25) is 0 Å². The smallest absolute Gasteiger partial charge is 0.00669 e. The highest BCUT2D eigenvalue weighted by Crippen LogP contribution is 2.56. The predicted octanol–water partition coefficient (Wildman–Crippen LogP) is 6.08. The summed E-state index contributed by atoms with van der Waals surface area (Å²) in [5.74, 6) is 1.48. The van der Waals surface area contributed by atoms with E-state index in [9.17, 15) is 0 Å². The molecule has 0 aromatic carbocycles. The Morgan fingerprint density at radius 3 is 2.65 bits per heavy atom. The molecule has 110 valence electrons. The number of allylic oxidation sites excluding steroid dienone is 7. The van der Waals surface area contributed by atoms with Crippen molar-refractivity contribution < 1.29 is 0 Å². The van der Waals surface area contributed by atoms with E-state index in [0.29, 0.717) is 11.3 Å². The summed E-state index contributed by atoms with van der Waals surface area (Å²) in [6, 6.07) is 0. The fourth-order valence-electron chi connectivity index (χ4n) is 4.19. The van der Waals surface area contributed by atoms with E-state index in [2.05, 4.69) is 71.6 Å². The zero-order chi connectivity index (χ0) is 15.0. The maximum atomic E-state index is 4.09. The average Bonchev–Trinajstić information content (AvgIpc) is 2.37. The van der Waals surface area contributed by atoms with Crippen molar-refractivity contribution in [2.45, 2.75) is 53.9 Å². The normalized spacial score (nSPS) is 40.4. The van der Waals surface area contributed by atoms with Gasteiger partial charge in [-0.05, 0) is 57.3 Å². The summed E-state index contributed by atoms with van der Waals surface area (Å²) in [7, 11) is 0. The van der Waals surface area contributed by atoms with Gasteiger partial charge in [0.05, 0.1) is 0 Å². The molecule has 0 radical (unpaired) electrons. The second-order valence-electron chi connectivity index (χ2n) is 7.59. The molecular weight excluding hydrogens is 240 g/mol. The van der Waals surface area contributed by atoms with Gasteiger partial charge in [0.25, 0.3) is 0 Å². The Morgan fingerprint density at radius 1 is 1.35 bits per heavy atom. The maximum Gasteiger partial charge on any atom is 0.00669 e. The fraction of sp³-hybridized carbons (Fsp3) is 0.600. The lowest BCUT2D eigenvalue weighted by Crippen LogP contribution is -2.42. The molecule has 2 aliphatic carbocycles. The highest BCUT2D eigenvalue weighted by molar-refractivity contribution is 5.28. The van der Waals surface area contributed by atoms with Crippen molar-refractivity contribution in [1.82, 2.24) is 0 Å². The van der Waals surface area contributed by atoms with Crippen LogP contribution in [0.3, 0.4) is 0 Å². The van der Waals surface area contributed by atoms with Gasteiger partial charge in [-0.25, -0.2) is 0 Å². The molecule has 2 rings (SSSR count). The van der Waals surface area contributed by atoms with E-state index in [-0.39, 0.29) is 5.41 Å². The Bertz CT molecular complexity index is 472. The topological polar surface area (TPSA) is 0 Å². The molecule has 0 amide bonds. The van der Waals surface area contributed by atoms with E-state index in [0.717, 1.165) is 5.92 Å². The lowest BCUT2D eigenvalue weighted by molar-refractivity contribution is 0.0923. The number of fused-ring (bicyclic) bond motifs is 2. The first-order valence-electron chi connectivity index (χ1n) is 7.96. The van der Waals surface area contributed by atoms with Gasteiger partial charge in [-0.1, -0.05) is 55.4 Å². The highest BCUT2D eigenvalue weighted by Gasteiger charge is 2.46. The van der Waals surface area contributed by atoms with Gasteiger partial charge in [0.15, 0.2) is 0 Å². The molecule has 1 fully saturated rings. The van der Waals surface area contributed by atoms with Gasteiger partial charge in [0, 0.05) is 5.41 Å². The zero-order valence-electron chi connectivity index (χ0n) is 13.9. The van der Waals surface area contributed by atoms with Gasteiger partial charge in [0.2, 0.25) is 0 Å². The number of hydrogen-bond acceptors (Lipinski definition) is 0. The van der Waals surface area contributed by atoms with Gasteiger partial charge >= 0.3 is 0 Å². The van der Waals surface area contributed by atoms with E-state index < -0.39 is 0 Å². The fourth-order valence-corrected chi connectivity index (χ4v) is 4.19. The molecule has 0 nitrogen and oxygen atoms in total. The molecule has 0 aromatic rings. The first-order chi connectivity index (χ1) is 9.31. The summed E-state index contributed by atoms with van der Waals surface area (Å²) in [4.78, 5) is 0. The lowest BCUT2D eigenvalue weighted by atomic mass is 9.53. The summed E-state index contributed by atoms with van der Waals surface area (Å²) in [5.41, 5.74) is 3.46. The monoisotopic (exact) mass is 270 g/mol. The van der Waals surface area contributed by atoms with Crippen molar-refractivity contribution in [1.29, 1.82) is 0 Å². The van der Waals surface area contributed by atoms with E-state index in [1.807, 2.05) is 0 Å². The van der Waals surface area contributed by atoms with Crippen LogP contribution < -0.4 is 0 Å². The van der Waals surface area contributed by atoms with Crippen LogP contribution in [-0.4, -0.2) is 0 Å². The first-order valence-corrected chi connectivity index (χ1v) is 7.96. The summed E-state index contributed by atoms with van der Waals surface area (Å²) < 4.78 is 0. The molecule has 0 saturated heterocycles. The van der Waals surface area contributed by atoms with E-state index in [1.54, 1.807) is 5.57 Å². The Kier molecular flexibility index (Phi) is 4.14. The van der Waals surface area contributed by atoms with E-state index in [4.69, 9.17) is 0 Å². The van der Waals surface area contributed by atoms with Crippen molar-refractivity contribution in [2.24, 2.45) is 22.7 Å². The largest absolute Gasteiger partial charge is 0.103 e. The second kappa shape index (κ2) is 5.39. The molecule has 20 heavy (non-hydrogen) atoms. The molecule has 0 heteroatoms. The molecular formula is C20H30. The minimum Gasteiger partial charge on any atom is -0.103 e. The summed E-state index contributed by atoms with van der Waals surface area (Å²) in [6.45, 7) is 15.5. The van der Waals surface area contributed by atoms with Crippen LogP contribution in [0.1, 0.15) is 53.9 Å². The minimum absolute atomic E-state index is 0.231. The lowest BCUT2D eigenvalue weighted by Gasteiger charge is -2.51. The molecule has 1 saturated carbocycles. The highest BCUT2D eigenvalue weighted by atomic mass is 14.5. The summed E-state index contributed by atoms with van der Waals surface area (Å²) >= 11 is 0. The van der Waals surface area contributed by atoms with Gasteiger partial charge in [0.1, 0.15) is 0 Å². The van der Waals surface area contributed by atoms with Crippen LogP contribution in [0.4, 0.5) is 0 Å². The first kappa shape index (κ1) is 15.4. The Labute approximate surface area is 125 Å². The van der Waals surface area contributed by atoms with Gasteiger partial charge < -0.3 is 0 Å². The van der Waals surface area contributed by atoms with Crippen LogP contribution in [0.5, 0.6) is 0 Å². The number of hydrogen-bond donors (Lipinski definition) is 0. The van der Waals surface area contributed by atoms with Crippen LogP contribution in [0.25, 0.3) is 0 Å². The zero-order valence-corrected chi connectivity index (χ0v) is 13.9. The molecule has 0 heterocycles. The van der Waals surface area contributed by atoms with E-state index >= 15 is 0 Å².